The van der Waals surface area contributed by atoms with Crippen molar-refractivity contribution in [1.82, 2.24) is 9.21 Å². The number of carbonyl (C=O) groups is 1. The third-order valence-electron chi connectivity index (χ3n) is 4.09. The number of nitrogens with zero attached hydrogens (tertiary/aromatic N) is 2. The van der Waals surface area contributed by atoms with E-state index in [2.05, 4.69) is 0 Å². The lowest BCUT2D eigenvalue weighted by Crippen LogP contribution is -2.54. The molecule has 22 heavy (non-hydrogen) atoms. The molecule has 0 amide bonds. The van der Waals surface area contributed by atoms with Gasteiger partial charge in [-0.2, -0.15) is 4.31 Å². The lowest BCUT2D eigenvalue weighted by atomic mass is 9.99. The van der Waals surface area contributed by atoms with Crippen molar-refractivity contribution in [3.63, 3.8) is 0 Å². The SMILES string of the molecule is CN(C)[C@H]1CCN(S(=O)(=O)Cc2ccccc2)[C@@H](C(=O)O)C1. The van der Waals surface area contributed by atoms with E-state index in [0.29, 0.717) is 18.4 Å². The Morgan fingerprint density at radius 2 is 1.95 bits per heavy atom. The topological polar surface area (TPSA) is 77.9 Å². The van der Waals surface area contributed by atoms with Crippen LogP contribution in [0.15, 0.2) is 30.3 Å². The van der Waals surface area contributed by atoms with Crippen molar-refractivity contribution in [2.24, 2.45) is 0 Å². The smallest absolute Gasteiger partial charge is 0.322 e. The van der Waals surface area contributed by atoms with Crippen LogP contribution in [0.1, 0.15) is 18.4 Å². The molecular weight excluding hydrogens is 304 g/mol. The molecule has 1 heterocycles. The minimum Gasteiger partial charge on any atom is -0.480 e. The quantitative estimate of drug-likeness (QED) is 0.873. The first-order valence-electron chi connectivity index (χ1n) is 7.24. The number of carboxylic acids is 1. The van der Waals surface area contributed by atoms with Crippen LogP contribution in [0.4, 0.5) is 0 Å². The largest absolute Gasteiger partial charge is 0.480 e. The minimum absolute atomic E-state index is 0.0873. The zero-order chi connectivity index (χ0) is 16.3. The highest BCUT2D eigenvalue weighted by molar-refractivity contribution is 7.88. The Kier molecular flexibility index (Phi) is 5.20. The molecule has 122 valence electrons. The Balaban J connectivity index is 2.20. The number of carboxylic acid groups (broad SMARTS) is 1. The first kappa shape index (κ1) is 16.9. The molecule has 7 heteroatoms. The zero-order valence-electron chi connectivity index (χ0n) is 12.8. The Morgan fingerprint density at radius 1 is 1.32 bits per heavy atom. The molecule has 1 aromatic carbocycles. The molecule has 6 nitrogen and oxygen atoms in total. The number of aliphatic carboxylic acids is 1. The molecule has 1 aliphatic heterocycles. The Hall–Kier alpha value is -1.44. The van der Waals surface area contributed by atoms with E-state index < -0.39 is 22.0 Å². The van der Waals surface area contributed by atoms with Crippen LogP contribution in [0.3, 0.4) is 0 Å². The van der Waals surface area contributed by atoms with Crippen molar-refractivity contribution in [2.75, 3.05) is 20.6 Å². The van der Waals surface area contributed by atoms with Crippen molar-refractivity contribution in [3.8, 4) is 0 Å². The molecule has 1 saturated heterocycles. The molecule has 1 fully saturated rings. The number of hydrogen-bond acceptors (Lipinski definition) is 4. The Morgan fingerprint density at radius 3 is 2.50 bits per heavy atom. The van der Waals surface area contributed by atoms with Crippen molar-refractivity contribution >= 4 is 16.0 Å². The predicted octanol–water partition coefficient (Wildman–Crippen LogP) is 0.996. The van der Waals surface area contributed by atoms with Crippen molar-refractivity contribution in [2.45, 2.75) is 30.7 Å². The molecule has 0 unspecified atom stereocenters. The van der Waals surface area contributed by atoms with E-state index in [1.807, 2.05) is 25.1 Å². The normalized spacial score (nSPS) is 23.6. The summed E-state index contributed by atoms with van der Waals surface area (Å²) in [6, 6.07) is 7.94. The van der Waals surface area contributed by atoms with Gasteiger partial charge in [-0.25, -0.2) is 8.42 Å². The van der Waals surface area contributed by atoms with Gasteiger partial charge in [0, 0.05) is 12.6 Å². The minimum atomic E-state index is -3.65. The molecule has 2 atom stereocenters. The zero-order valence-corrected chi connectivity index (χ0v) is 13.7. The van der Waals surface area contributed by atoms with E-state index in [9.17, 15) is 18.3 Å². The lowest BCUT2D eigenvalue weighted by molar-refractivity contribution is -0.143. The van der Waals surface area contributed by atoms with Crippen molar-refractivity contribution < 1.29 is 18.3 Å². The van der Waals surface area contributed by atoms with E-state index >= 15 is 0 Å². The van der Waals surface area contributed by atoms with Gasteiger partial charge in [-0.15, -0.1) is 0 Å². The summed E-state index contributed by atoms with van der Waals surface area (Å²) in [4.78, 5) is 13.5. The third kappa shape index (κ3) is 3.85. The summed E-state index contributed by atoms with van der Waals surface area (Å²) >= 11 is 0. The van der Waals surface area contributed by atoms with Crippen LogP contribution in [0, 0.1) is 0 Å². The van der Waals surface area contributed by atoms with Crippen molar-refractivity contribution in [1.29, 1.82) is 0 Å². The fourth-order valence-electron chi connectivity index (χ4n) is 2.82. The lowest BCUT2D eigenvalue weighted by Gasteiger charge is -2.38. The predicted molar refractivity (Wildman–Crippen MR) is 83.9 cm³/mol. The van der Waals surface area contributed by atoms with Crippen LogP contribution in [0.2, 0.25) is 0 Å². The molecule has 0 spiro atoms. The Labute approximate surface area is 131 Å². The monoisotopic (exact) mass is 326 g/mol. The van der Waals surface area contributed by atoms with Crippen LogP contribution in [-0.2, 0) is 20.6 Å². The van der Waals surface area contributed by atoms with Gasteiger partial charge < -0.3 is 10.0 Å². The molecule has 0 aliphatic carbocycles. The highest BCUT2D eigenvalue weighted by atomic mass is 32.2. The maximum absolute atomic E-state index is 12.6. The van der Waals surface area contributed by atoms with Gasteiger partial charge in [-0.1, -0.05) is 30.3 Å². The van der Waals surface area contributed by atoms with Crippen molar-refractivity contribution in [3.05, 3.63) is 35.9 Å². The number of piperidine rings is 1. The van der Waals surface area contributed by atoms with Gasteiger partial charge in [0.1, 0.15) is 6.04 Å². The van der Waals surface area contributed by atoms with E-state index in [4.69, 9.17) is 0 Å². The summed E-state index contributed by atoms with van der Waals surface area (Å²) in [5.41, 5.74) is 0.668. The average Bonchev–Trinajstić information content (AvgIpc) is 2.47. The second-order valence-electron chi connectivity index (χ2n) is 5.85. The van der Waals surface area contributed by atoms with Gasteiger partial charge in [-0.05, 0) is 32.5 Å². The first-order chi connectivity index (χ1) is 10.3. The molecule has 1 aromatic rings. The van der Waals surface area contributed by atoms with Crippen LogP contribution in [-0.4, -0.2) is 61.4 Å². The van der Waals surface area contributed by atoms with Crippen LogP contribution in [0.5, 0.6) is 0 Å². The van der Waals surface area contributed by atoms with Gasteiger partial charge in [0.15, 0.2) is 0 Å². The van der Waals surface area contributed by atoms with Crippen LogP contribution >= 0.6 is 0 Å². The van der Waals surface area contributed by atoms with Gasteiger partial charge in [0.05, 0.1) is 5.75 Å². The van der Waals surface area contributed by atoms with Gasteiger partial charge in [0.2, 0.25) is 10.0 Å². The number of hydrogen-bond donors (Lipinski definition) is 1. The first-order valence-corrected chi connectivity index (χ1v) is 8.85. The van der Waals surface area contributed by atoms with Gasteiger partial charge in [0.25, 0.3) is 0 Å². The van der Waals surface area contributed by atoms with Crippen LogP contribution in [0.25, 0.3) is 0 Å². The number of benzene rings is 1. The summed E-state index contributed by atoms with van der Waals surface area (Å²) in [5.74, 6) is -1.24. The van der Waals surface area contributed by atoms with Gasteiger partial charge in [-0.3, -0.25) is 4.79 Å². The Bertz CT molecular complexity index is 616. The second-order valence-corrected chi connectivity index (χ2v) is 7.77. The maximum atomic E-state index is 12.6. The van der Waals surface area contributed by atoms with E-state index in [1.54, 1.807) is 24.3 Å². The summed E-state index contributed by atoms with van der Waals surface area (Å²) in [5, 5.41) is 9.41. The fraction of sp³-hybridized carbons (Fsp3) is 0.533. The van der Waals surface area contributed by atoms with Gasteiger partial charge >= 0.3 is 5.97 Å². The third-order valence-corrected chi connectivity index (χ3v) is 5.94. The molecule has 0 radical (unpaired) electrons. The number of rotatable bonds is 5. The summed E-state index contributed by atoms with van der Waals surface area (Å²) in [6.45, 7) is 0.245. The molecule has 0 bridgehead atoms. The highest BCUT2D eigenvalue weighted by Crippen LogP contribution is 2.25. The standard InChI is InChI=1S/C15H22N2O4S/c1-16(2)13-8-9-17(14(10-13)15(18)19)22(20,21)11-12-6-4-3-5-7-12/h3-7,13-14H,8-11H2,1-2H3,(H,18,19)/t13-,14+/m0/s1. The van der Waals surface area contributed by atoms with Crippen LogP contribution < -0.4 is 0 Å². The fourth-order valence-corrected chi connectivity index (χ4v) is 4.55. The van der Waals surface area contributed by atoms with E-state index in [-0.39, 0.29) is 18.3 Å². The molecular formula is C15H22N2O4S. The maximum Gasteiger partial charge on any atom is 0.322 e. The summed E-state index contributed by atoms with van der Waals surface area (Å²) in [6.07, 6.45) is 0.959. The number of sulfonamides is 1. The second kappa shape index (κ2) is 6.76. The van der Waals surface area contributed by atoms with E-state index in [1.165, 1.54) is 0 Å². The molecule has 1 N–H and O–H groups in total. The van der Waals surface area contributed by atoms with E-state index in [0.717, 1.165) is 4.31 Å². The summed E-state index contributed by atoms with van der Waals surface area (Å²) in [7, 11) is 0.128. The molecule has 0 aromatic heterocycles. The molecule has 2 rings (SSSR count). The molecule has 0 saturated carbocycles. The average molecular weight is 326 g/mol. The highest BCUT2D eigenvalue weighted by Gasteiger charge is 2.40. The molecule has 1 aliphatic rings. The summed E-state index contributed by atoms with van der Waals surface area (Å²) < 4.78 is 26.3.